The average Bonchev–Trinajstić information content (AvgIpc) is 2.76. The molecule has 0 saturated heterocycles. The third-order valence-corrected chi connectivity index (χ3v) is 3.77. The normalized spacial score (nSPS) is 10.4. The van der Waals surface area contributed by atoms with Crippen LogP contribution in [0.5, 0.6) is 11.5 Å². The fourth-order valence-corrected chi connectivity index (χ4v) is 2.29. The summed E-state index contributed by atoms with van der Waals surface area (Å²) < 4.78 is 15.3. The first-order valence-corrected chi connectivity index (χ1v) is 8.68. The van der Waals surface area contributed by atoms with E-state index in [4.69, 9.17) is 9.47 Å². The van der Waals surface area contributed by atoms with E-state index >= 15 is 0 Å². The Morgan fingerprint density at radius 3 is 2.41 bits per heavy atom. The zero-order valence-electron chi connectivity index (χ0n) is 16.1. The number of amides is 1. The van der Waals surface area contributed by atoms with Gasteiger partial charge in [-0.25, -0.2) is 4.79 Å². The van der Waals surface area contributed by atoms with Crippen molar-refractivity contribution in [3.63, 3.8) is 0 Å². The van der Waals surface area contributed by atoms with Gasteiger partial charge in [-0.3, -0.25) is 4.79 Å². The molecule has 150 valence electrons. The van der Waals surface area contributed by atoms with Gasteiger partial charge >= 0.3 is 5.97 Å². The highest BCUT2D eigenvalue weighted by molar-refractivity contribution is 6.09. The molecule has 0 aliphatic heterocycles. The number of carbonyl (C=O) groups is 2. The van der Waals surface area contributed by atoms with E-state index in [-0.39, 0.29) is 16.8 Å². The summed E-state index contributed by atoms with van der Waals surface area (Å²) in [5.41, 5.74) is 0.309. The summed E-state index contributed by atoms with van der Waals surface area (Å²) in [6.07, 6.45) is 1.30. The van der Waals surface area contributed by atoms with Gasteiger partial charge in [0, 0.05) is 12.7 Å². The Labute approximate surface area is 168 Å². The molecule has 29 heavy (non-hydrogen) atoms. The standard InChI is InChI=1S/C21H21N3O5/c1-27-16-7-9-17(10-8-16)29-12-11-23-14-15(13-22)20(25)24-19-6-4-3-5-18(19)21(26)28-2/h3-10,14,23H,11-12H2,1-2H3,(H,24,25)/b15-14-. The molecular formula is C21H21N3O5. The molecule has 0 unspecified atom stereocenters. The molecule has 0 spiro atoms. The summed E-state index contributed by atoms with van der Waals surface area (Å²) in [6.45, 7) is 0.706. The molecule has 8 heteroatoms. The quantitative estimate of drug-likeness (QED) is 0.290. The molecule has 0 heterocycles. The number of methoxy groups -OCH3 is 2. The highest BCUT2D eigenvalue weighted by atomic mass is 16.5. The van der Waals surface area contributed by atoms with Gasteiger partial charge < -0.3 is 24.8 Å². The summed E-state index contributed by atoms with van der Waals surface area (Å²) in [5.74, 6) is 0.177. The van der Waals surface area contributed by atoms with Crippen LogP contribution in [0.15, 0.2) is 60.3 Å². The van der Waals surface area contributed by atoms with Crippen molar-refractivity contribution < 1.29 is 23.8 Å². The Hall–Kier alpha value is -3.99. The van der Waals surface area contributed by atoms with E-state index < -0.39 is 11.9 Å². The molecule has 0 saturated carbocycles. The highest BCUT2D eigenvalue weighted by Gasteiger charge is 2.15. The van der Waals surface area contributed by atoms with Crippen molar-refractivity contribution >= 4 is 17.6 Å². The molecule has 2 rings (SSSR count). The zero-order valence-corrected chi connectivity index (χ0v) is 16.1. The number of nitrogens with zero attached hydrogens (tertiary/aromatic N) is 1. The zero-order chi connectivity index (χ0) is 21.1. The van der Waals surface area contributed by atoms with E-state index in [2.05, 4.69) is 15.4 Å². The maximum Gasteiger partial charge on any atom is 0.339 e. The number of esters is 1. The van der Waals surface area contributed by atoms with Gasteiger partial charge in [-0.05, 0) is 36.4 Å². The molecule has 2 N–H and O–H groups in total. The third kappa shape index (κ3) is 6.29. The second-order valence-corrected chi connectivity index (χ2v) is 5.64. The molecule has 0 radical (unpaired) electrons. The maximum absolute atomic E-state index is 12.3. The second kappa shape index (κ2) is 11.0. The van der Waals surface area contributed by atoms with Crippen LogP contribution in [0.4, 0.5) is 5.69 Å². The summed E-state index contributed by atoms with van der Waals surface area (Å²) in [7, 11) is 2.84. The number of carbonyl (C=O) groups excluding carboxylic acids is 2. The van der Waals surface area contributed by atoms with E-state index in [1.54, 1.807) is 49.6 Å². The first-order valence-electron chi connectivity index (χ1n) is 8.68. The van der Waals surface area contributed by atoms with Crippen LogP contribution in [0.2, 0.25) is 0 Å². The summed E-state index contributed by atoms with van der Waals surface area (Å²) in [6, 6.07) is 15.3. The topological polar surface area (TPSA) is 110 Å². The van der Waals surface area contributed by atoms with Crippen LogP contribution in [0, 0.1) is 11.3 Å². The van der Waals surface area contributed by atoms with Crippen molar-refractivity contribution in [2.75, 3.05) is 32.7 Å². The fraction of sp³-hybridized carbons (Fsp3) is 0.190. The van der Waals surface area contributed by atoms with Crippen LogP contribution in [-0.2, 0) is 9.53 Å². The van der Waals surface area contributed by atoms with Gasteiger partial charge in [0.2, 0.25) is 0 Å². The Kier molecular flexibility index (Phi) is 8.08. The van der Waals surface area contributed by atoms with Crippen LogP contribution in [0.25, 0.3) is 0 Å². The van der Waals surface area contributed by atoms with Gasteiger partial charge in [0.15, 0.2) is 0 Å². The maximum atomic E-state index is 12.3. The van der Waals surface area contributed by atoms with Gasteiger partial charge in [-0.1, -0.05) is 12.1 Å². The predicted molar refractivity (Wildman–Crippen MR) is 107 cm³/mol. The number of nitrogens with one attached hydrogen (secondary N) is 2. The van der Waals surface area contributed by atoms with Crippen LogP contribution in [-0.4, -0.2) is 39.2 Å². The van der Waals surface area contributed by atoms with E-state index in [9.17, 15) is 14.9 Å². The van der Waals surface area contributed by atoms with Crippen LogP contribution < -0.4 is 20.1 Å². The number of para-hydroxylation sites is 1. The largest absolute Gasteiger partial charge is 0.497 e. The number of rotatable bonds is 9. The lowest BCUT2D eigenvalue weighted by molar-refractivity contribution is -0.112. The number of anilines is 1. The number of ether oxygens (including phenoxy) is 3. The smallest absolute Gasteiger partial charge is 0.339 e. The predicted octanol–water partition coefficient (Wildman–Crippen LogP) is 2.50. The molecule has 0 aromatic heterocycles. The second-order valence-electron chi connectivity index (χ2n) is 5.64. The number of benzene rings is 2. The van der Waals surface area contributed by atoms with Gasteiger partial charge in [0.1, 0.15) is 29.7 Å². The highest BCUT2D eigenvalue weighted by Crippen LogP contribution is 2.17. The molecule has 8 nitrogen and oxygen atoms in total. The average molecular weight is 395 g/mol. The number of hydrogen-bond acceptors (Lipinski definition) is 7. The molecule has 2 aromatic rings. The summed E-state index contributed by atoms with van der Waals surface area (Å²) in [4.78, 5) is 24.1. The summed E-state index contributed by atoms with van der Waals surface area (Å²) in [5, 5.41) is 14.6. The first kappa shape index (κ1) is 21.3. The van der Waals surface area contributed by atoms with Crippen molar-refractivity contribution in [2.24, 2.45) is 0 Å². The molecular weight excluding hydrogens is 374 g/mol. The van der Waals surface area contributed by atoms with E-state index in [1.165, 1.54) is 19.4 Å². The van der Waals surface area contributed by atoms with Crippen molar-refractivity contribution in [1.82, 2.24) is 5.32 Å². The van der Waals surface area contributed by atoms with E-state index in [0.29, 0.717) is 18.9 Å². The molecule has 2 aromatic carbocycles. The van der Waals surface area contributed by atoms with Crippen LogP contribution in [0.3, 0.4) is 0 Å². The van der Waals surface area contributed by atoms with Crippen molar-refractivity contribution in [3.8, 4) is 17.6 Å². The Morgan fingerprint density at radius 1 is 1.07 bits per heavy atom. The number of hydrogen-bond donors (Lipinski definition) is 2. The molecule has 1 amide bonds. The molecule has 0 atom stereocenters. The lowest BCUT2D eigenvalue weighted by Gasteiger charge is -2.09. The minimum Gasteiger partial charge on any atom is -0.497 e. The Morgan fingerprint density at radius 2 is 1.76 bits per heavy atom. The lowest BCUT2D eigenvalue weighted by Crippen LogP contribution is -2.21. The van der Waals surface area contributed by atoms with Gasteiger partial charge in [0.05, 0.1) is 25.5 Å². The van der Waals surface area contributed by atoms with Crippen LogP contribution >= 0.6 is 0 Å². The van der Waals surface area contributed by atoms with Gasteiger partial charge in [0.25, 0.3) is 5.91 Å². The van der Waals surface area contributed by atoms with Gasteiger partial charge in [-0.2, -0.15) is 5.26 Å². The van der Waals surface area contributed by atoms with Crippen molar-refractivity contribution in [1.29, 1.82) is 5.26 Å². The van der Waals surface area contributed by atoms with Crippen LogP contribution in [0.1, 0.15) is 10.4 Å². The fourth-order valence-electron chi connectivity index (χ4n) is 2.29. The number of nitriles is 1. The first-order chi connectivity index (χ1) is 14.1. The lowest BCUT2D eigenvalue weighted by atomic mass is 10.1. The third-order valence-electron chi connectivity index (χ3n) is 3.77. The molecule has 0 bridgehead atoms. The summed E-state index contributed by atoms with van der Waals surface area (Å²) >= 11 is 0. The molecule has 0 aliphatic carbocycles. The van der Waals surface area contributed by atoms with E-state index in [1.807, 2.05) is 6.07 Å². The monoisotopic (exact) mass is 395 g/mol. The Bertz CT molecular complexity index is 917. The van der Waals surface area contributed by atoms with Gasteiger partial charge in [-0.15, -0.1) is 0 Å². The Balaban J connectivity index is 1.88. The SMILES string of the molecule is COC(=O)c1ccccc1NC(=O)/C(C#N)=C\NCCOc1ccc(OC)cc1. The minimum absolute atomic E-state index is 0.144. The van der Waals surface area contributed by atoms with Crippen molar-refractivity contribution in [3.05, 3.63) is 65.9 Å². The van der Waals surface area contributed by atoms with E-state index in [0.717, 1.165) is 5.75 Å². The molecule has 0 aliphatic rings. The molecule has 0 fully saturated rings. The minimum atomic E-state index is -0.646. The van der Waals surface area contributed by atoms with Crippen molar-refractivity contribution in [2.45, 2.75) is 0 Å².